The highest BCUT2D eigenvalue weighted by Crippen LogP contribution is 2.35. The zero-order valence-electron chi connectivity index (χ0n) is 11.9. The van der Waals surface area contributed by atoms with Gasteiger partial charge in [-0.05, 0) is 24.5 Å². The normalized spacial score (nSPS) is 20.8. The molecule has 4 nitrogen and oxygen atoms in total. The van der Waals surface area contributed by atoms with E-state index in [1.807, 2.05) is 19.1 Å². The zero-order valence-corrected chi connectivity index (χ0v) is 15.0. The number of para-hydroxylation sites is 1. The molecule has 8 heteroatoms. The van der Waals surface area contributed by atoms with Gasteiger partial charge in [-0.15, -0.1) is 0 Å². The second kappa shape index (κ2) is 6.56. The molecule has 1 saturated heterocycles. The number of nitrogens with zero attached hydrogens (tertiary/aromatic N) is 1. The minimum absolute atomic E-state index is 0.0373. The summed E-state index contributed by atoms with van der Waals surface area (Å²) >= 11 is 17.3. The zero-order chi connectivity index (χ0) is 16.5. The fraction of sp³-hybridized carbons (Fsp3) is 0.500. The predicted molar refractivity (Wildman–Crippen MR) is 90.7 cm³/mol. The number of carbonyl (C=O) groups is 1. The van der Waals surface area contributed by atoms with Crippen LogP contribution in [0.1, 0.15) is 18.9 Å². The van der Waals surface area contributed by atoms with Crippen molar-refractivity contribution < 1.29 is 13.2 Å². The molecule has 1 unspecified atom stereocenters. The SMILES string of the molecule is CCc1ccccc1N(C(=O)C(Cl)(Cl)Cl)C1CCS(=O)(=O)C1. The Morgan fingerprint density at radius 1 is 1.32 bits per heavy atom. The molecule has 1 heterocycles. The number of halogens is 3. The summed E-state index contributed by atoms with van der Waals surface area (Å²) in [5.74, 6) is -0.798. The van der Waals surface area contributed by atoms with E-state index in [0.29, 0.717) is 18.5 Å². The van der Waals surface area contributed by atoms with Crippen molar-refractivity contribution in [3.8, 4) is 0 Å². The molecule has 1 aromatic rings. The van der Waals surface area contributed by atoms with Crippen molar-refractivity contribution >= 4 is 56.2 Å². The van der Waals surface area contributed by atoms with E-state index in [9.17, 15) is 13.2 Å². The fourth-order valence-electron chi connectivity index (χ4n) is 2.63. The van der Waals surface area contributed by atoms with Crippen LogP contribution in [0.15, 0.2) is 24.3 Å². The molecule has 1 fully saturated rings. The lowest BCUT2D eigenvalue weighted by Gasteiger charge is -2.32. The standard InChI is InChI=1S/C14H16Cl3NO3S/c1-2-10-5-3-4-6-12(10)18(13(19)14(15,16)17)11-7-8-22(20,21)9-11/h3-6,11H,2,7-9H2,1H3. The maximum atomic E-state index is 12.6. The second-order valence-electron chi connectivity index (χ2n) is 5.21. The van der Waals surface area contributed by atoms with Gasteiger partial charge in [-0.25, -0.2) is 8.42 Å². The van der Waals surface area contributed by atoms with Crippen LogP contribution >= 0.6 is 34.8 Å². The van der Waals surface area contributed by atoms with Crippen LogP contribution < -0.4 is 4.90 Å². The topological polar surface area (TPSA) is 54.5 Å². The molecule has 0 aliphatic carbocycles. The molecule has 0 aromatic heterocycles. The number of hydrogen-bond donors (Lipinski definition) is 0. The van der Waals surface area contributed by atoms with Crippen LogP contribution in [-0.4, -0.2) is 35.7 Å². The molecule has 0 spiro atoms. The number of carbonyl (C=O) groups excluding carboxylic acids is 1. The Morgan fingerprint density at radius 3 is 2.45 bits per heavy atom. The first kappa shape index (κ1) is 17.9. The van der Waals surface area contributed by atoms with Gasteiger partial charge in [0.1, 0.15) is 0 Å². The van der Waals surface area contributed by atoms with E-state index < -0.39 is 25.6 Å². The highest BCUT2D eigenvalue weighted by molar-refractivity contribution is 7.91. The molecule has 2 rings (SSSR count). The molecule has 0 bridgehead atoms. The van der Waals surface area contributed by atoms with Gasteiger partial charge in [-0.2, -0.15) is 0 Å². The highest BCUT2D eigenvalue weighted by atomic mass is 35.6. The maximum absolute atomic E-state index is 12.6. The number of alkyl halides is 3. The molecule has 22 heavy (non-hydrogen) atoms. The third-order valence-corrected chi connectivity index (χ3v) is 5.90. The highest BCUT2D eigenvalue weighted by Gasteiger charge is 2.43. The van der Waals surface area contributed by atoms with Crippen molar-refractivity contribution in [1.29, 1.82) is 0 Å². The Morgan fingerprint density at radius 2 is 1.95 bits per heavy atom. The van der Waals surface area contributed by atoms with Gasteiger partial charge < -0.3 is 4.90 Å². The van der Waals surface area contributed by atoms with Gasteiger partial charge >= 0.3 is 0 Å². The summed E-state index contributed by atoms with van der Waals surface area (Å²) in [4.78, 5) is 13.9. The largest absolute Gasteiger partial charge is 0.304 e. The number of aryl methyl sites for hydroxylation is 1. The molecule has 1 aliphatic rings. The molecular formula is C14H16Cl3NO3S. The van der Waals surface area contributed by atoms with E-state index in [4.69, 9.17) is 34.8 Å². The van der Waals surface area contributed by atoms with Gasteiger partial charge in [0.25, 0.3) is 9.70 Å². The van der Waals surface area contributed by atoms with Crippen molar-refractivity contribution in [2.45, 2.75) is 29.6 Å². The van der Waals surface area contributed by atoms with E-state index in [0.717, 1.165) is 5.56 Å². The van der Waals surface area contributed by atoms with Gasteiger partial charge in [0.05, 0.1) is 17.5 Å². The molecule has 0 radical (unpaired) electrons. The minimum atomic E-state index is -3.17. The molecule has 1 amide bonds. The van der Waals surface area contributed by atoms with E-state index in [2.05, 4.69) is 0 Å². The van der Waals surface area contributed by atoms with Crippen LogP contribution in [0.25, 0.3) is 0 Å². The van der Waals surface area contributed by atoms with Gasteiger partial charge in [-0.1, -0.05) is 59.9 Å². The lowest BCUT2D eigenvalue weighted by Crippen LogP contribution is -2.47. The van der Waals surface area contributed by atoms with E-state index in [1.54, 1.807) is 12.1 Å². The smallest absolute Gasteiger partial charge is 0.279 e. The van der Waals surface area contributed by atoms with Crippen LogP contribution in [0.5, 0.6) is 0 Å². The predicted octanol–water partition coefficient (Wildman–Crippen LogP) is 3.14. The Balaban J connectivity index is 2.49. The number of hydrogen-bond acceptors (Lipinski definition) is 3. The average Bonchev–Trinajstić information content (AvgIpc) is 2.78. The molecular weight excluding hydrogens is 369 g/mol. The first-order valence-electron chi connectivity index (χ1n) is 6.84. The molecule has 1 aliphatic heterocycles. The molecule has 1 atom stereocenters. The maximum Gasteiger partial charge on any atom is 0.279 e. The number of anilines is 1. The van der Waals surface area contributed by atoms with E-state index in [-0.39, 0.29) is 11.5 Å². The lowest BCUT2D eigenvalue weighted by atomic mass is 10.1. The summed E-state index contributed by atoms with van der Waals surface area (Å²) in [5, 5.41) is 0. The monoisotopic (exact) mass is 383 g/mol. The first-order chi connectivity index (χ1) is 10.2. The Kier molecular flexibility index (Phi) is 5.32. The number of benzene rings is 1. The van der Waals surface area contributed by atoms with Crippen molar-refractivity contribution in [2.75, 3.05) is 16.4 Å². The van der Waals surface area contributed by atoms with Crippen LogP contribution in [-0.2, 0) is 21.1 Å². The summed E-state index contributed by atoms with van der Waals surface area (Å²) in [7, 11) is -3.17. The number of amides is 1. The van der Waals surface area contributed by atoms with Crippen molar-refractivity contribution in [3.63, 3.8) is 0 Å². The summed E-state index contributed by atoms with van der Waals surface area (Å²) < 4.78 is 21.4. The van der Waals surface area contributed by atoms with Gasteiger partial charge in [0.2, 0.25) is 0 Å². The Hall–Kier alpha value is -0.490. The molecule has 1 aromatic carbocycles. The fourth-order valence-corrected chi connectivity index (χ4v) is 4.61. The van der Waals surface area contributed by atoms with Gasteiger partial charge in [-0.3, -0.25) is 4.79 Å². The lowest BCUT2D eigenvalue weighted by molar-refractivity contribution is -0.118. The quantitative estimate of drug-likeness (QED) is 0.752. The Bertz CT molecular complexity index is 670. The number of sulfone groups is 1. The van der Waals surface area contributed by atoms with Crippen molar-refractivity contribution in [3.05, 3.63) is 29.8 Å². The van der Waals surface area contributed by atoms with Gasteiger partial charge in [0, 0.05) is 5.69 Å². The second-order valence-corrected chi connectivity index (χ2v) is 9.72. The van der Waals surface area contributed by atoms with E-state index in [1.165, 1.54) is 4.90 Å². The van der Waals surface area contributed by atoms with Crippen LogP contribution in [0.4, 0.5) is 5.69 Å². The molecule has 0 saturated carbocycles. The van der Waals surface area contributed by atoms with Gasteiger partial charge in [0.15, 0.2) is 9.84 Å². The summed E-state index contributed by atoms with van der Waals surface area (Å²) in [6.45, 7) is 1.95. The summed E-state index contributed by atoms with van der Waals surface area (Å²) in [6, 6.07) is 6.73. The van der Waals surface area contributed by atoms with Crippen molar-refractivity contribution in [1.82, 2.24) is 0 Å². The first-order valence-corrected chi connectivity index (χ1v) is 9.80. The van der Waals surface area contributed by atoms with Crippen LogP contribution in [0.3, 0.4) is 0 Å². The van der Waals surface area contributed by atoms with Crippen LogP contribution in [0, 0.1) is 0 Å². The third kappa shape index (κ3) is 3.88. The minimum Gasteiger partial charge on any atom is -0.304 e. The molecule has 0 N–H and O–H groups in total. The average molecular weight is 385 g/mol. The summed E-state index contributed by atoms with van der Waals surface area (Å²) in [5.41, 5.74) is 1.50. The third-order valence-electron chi connectivity index (χ3n) is 3.67. The summed E-state index contributed by atoms with van der Waals surface area (Å²) in [6.07, 6.45) is 1.02. The molecule has 122 valence electrons. The van der Waals surface area contributed by atoms with Crippen LogP contribution in [0.2, 0.25) is 0 Å². The number of rotatable bonds is 3. The van der Waals surface area contributed by atoms with Crippen molar-refractivity contribution in [2.24, 2.45) is 0 Å². The van der Waals surface area contributed by atoms with E-state index >= 15 is 0 Å². The Labute approximate surface area is 145 Å².